The first-order valence-corrected chi connectivity index (χ1v) is 4.40. The van der Waals surface area contributed by atoms with E-state index in [1.807, 2.05) is 0 Å². The second-order valence-corrected chi connectivity index (χ2v) is 3.20. The molecule has 0 unspecified atom stereocenters. The van der Waals surface area contributed by atoms with Gasteiger partial charge in [0.1, 0.15) is 5.82 Å². The van der Waals surface area contributed by atoms with E-state index in [9.17, 15) is 22.7 Å². The molecule has 0 saturated heterocycles. The summed E-state index contributed by atoms with van der Waals surface area (Å²) in [5, 5.41) is 9.31. The van der Waals surface area contributed by atoms with Crippen LogP contribution < -0.4 is 0 Å². The minimum absolute atomic E-state index is 0.0511. The second-order valence-electron chi connectivity index (χ2n) is 3.20. The van der Waals surface area contributed by atoms with Crippen LogP contribution in [-0.4, -0.2) is 5.11 Å². The smallest absolute Gasteiger partial charge is 0.388 e. The third kappa shape index (κ3) is 2.92. The van der Waals surface area contributed by atoms with Crippen LogP contribution in [0.3, 0.4) is 0 Å². The monoisotopic (exact) mass is 222 g/mol. The van der Waals surface area contributed by atoms with Crippen molar-refractivity contribution in [1.82, 2.24) is 0 Å². The Labute approximate surface area is 84.3 Å². The molecule has 1 rings (SSSR count). The van der Waals surface area contributed by atoms with Crippen LogP contribution in [-0.2, 0) is 6.18 Å². The lowest BCUT2D eigenvalue weighted by atomic mass is 10.0. The molecule has 1 nitrogen and oxygen atoms in total. The highest BCUT2D eigenvalue weighted by Crippen LogP contribution is 2.32. The molecule has 0 aliphatic carbocycles. The molecule has 84 valence electrons. The predicted molar refractivity (Wildman–Crippen MR) is 46.7 cm³/mol. The molecule has 0 bridgehead atoms. The quantitative estimate of drug-likeness (QED) is 0.761. The summed E-state index contributed by atoms with van der Waals surface area (Å²) < 4.78 is 49.6. The molecule has 0 amide bonds. The van der Waals surface area contributed by atoms with Crippen LogP contribution in [0.25, 0.3) is 0 Å². The van der Waals surface area contributed by atoms with Gasteiger partial charge < -0.3 is 5.11 Å². The Kier molecular flexibility index (Phi) is 3.34. The summed E-state index contributed by atoms with van der Waals surface area (Å²) in [6.45, 7) is 1.60. The van der Waals surface area contributed by atoms with Crippen molar-refractivity contribution in [2.45, 2.75) is 25.6 Å². The maximum Gasteiger partial charge on any atom is 0.416 e. The summed E-state index contributed by atoms with van der Waals surface area (Å²) >= 11 is 0. The van der Waals surface area contributed by atoms with E-state index in [4.69, 9.17) is 0 Å². The van der Waals surface area contributed by atoms with Crippen LogP contribution in [0.4, 0.5) is 17.6 Å². The fourth-order valence-electron chi connectivity index (χ4n) is 1.20. The summed E-state index contributed by atoms with van der Waals surface area (Å²) in [6.07, 6.45) is -5.42. The van der Waals surface area contributed by atoms with E-state index >= 15 is 0 Å². The van der Waals surface area contributed by atoms with Gasteiger partial charge in [-0.3, -0.25) is 0 Å². The number of hydrogen-bond donors (Lipinski definition) is 1. The molecular weight excluding hydrogens is 212 g/mol. The van der Waals surface area contributed by atoms with Crippen LogP contribution >= 0.6 is 0 Å². The molecule has 1 N–H and O–H groups in total. The van der Waals surface area contributed by atoms with Gasteiger partial charge in [-0.2, -0.15) is 13.2 Å². The molecule has 0 fully saturated rings. The molecule has 1 aromatic carbocycles. The lowest BCUT2D eigenvalue weighted by Crippen LogP contribution is -2.07. The molecule has 0 aliphatic rings. The number of halogens is 4. The number of aliphatic hydroxyl groups excluding tert-OH is 1. The van der Waals surface area contributed by atoms with E-state index < -0.39 is 23.7 Å². The Balaban J connectivity index is 3.17. The zero-order valence-corrected chi connectivity index (χ0v) is 7.98. The molecular formula is C10H10F4O. The molecule has 1 aromatic rings. The van der Waals surface area contributed by atoms with Crippen molar-refractivity contribution < 1.29 is 22.7 Å². The van der Waals surface area contributed by atoms with Crippen LogP contribution in [0.2, 0.25) is 0 Å². The summed E-state index contributed by atoms with van der Waals surface area (Å²) in [5.41, 5.74) is -1.13. The van der Waals surface area contributed by atoms with Gasteiger partial charge in [-0.15, -0.1) is 0 Å². The third-order valence-electron chi connectivity index (χ3n) is 2.02. The largest absolute Gasteiger partial charge is 0.416 e. The highest BCUT2D eigenvalue weighted by atomic mass is 19.4. The van der Waals surface area contributed by atoms with Gasteiger partial charge in [0.15, 0.2) is 0 Å². The molecule has 0 saturated carbocycles. The first kappa shape index (κ1) is 12.0. The maximum absolute atomic E-state index is 12.8. The molecule has 5 heteroatoms. The van der Waals surface area contributed by atoms with Crippen molar-refractivity contribution in [1.29, 1.82) is 0 Å². The Hall–Kier alpha value is -1.10. The average molecular weight is 222 g/mol. The summed E-state index contributed by atoms with van der Waals surface area (Å²) in [5.74, 6) is -0.993. The standard InChI is InChI=1S/C10H10F4O/c1-2-9(15)6-3-7(10(12,13)14)5-8(11)4-6/h3-5,9,15H,2H2,1H3/t9-/m1/s1. The number of benzene rings is 1. The van der Waals surface area contributed by atoms with Crippen LogP contribution in [0.15, 0.2) is 18.2 Å². The van der Waals surface area contributed by atoms with Crippen LogP contribution in [0, 0.1) is 5.82 Å². The molecule has 1 atom stereocenters. The van der Waals surface area contributed by atoms with E-state index in [-0.39, 0.29) is 12.0 Å². The Morgan fingerprint density at radius 2 is 1.87 bits per heavy atom. The van der Waals surface area contributed by atoms with Crippen LogP contribution in [0.1, 0.15) is 30.6 Å². The summed E-state index contributed by atoms with van der Waals surface area (Å²) in [6, 6.07) is 2.08. The zero-order chi connectivity index (χ0) is 11.6. The van der Waals surface area contributed by atoms with Crippen molar-refractivity contribution in [3.63, 3.8) is 0 Å². The van der Waals surface area contributed by atoms with Gasteiger partial charge in [-0.05, 0) is 30.2 Å². The predicted octanol–water partition coefficient (Wildman–Crippen LogP) is 3.29. The highest BCUT2D eigenvalue weighted by Gasteiger charge is 2.31. The zero-order valence-electron chi connectivity index (χ0n) is 7.98. The van der Waals surface area contributed by atoms with E-state index in [0.29, 0.717) is 6.07 Å². The SMILES string of the molecule is CC[C@@H](O)c1cc(F)cc(C(F)(F)F)c1. The summed E-state index contributed by atoms with van der Waals surface area (Å²) in [7, 11) is 0. The minimum atomic E-state index is -4.59. The molecule has 15 heavy (non-hydrogen) atoms. The minimum Gasteiger partial charge on any atom is -0.388 e. The Morgan fingerprint density at radius 3 is 2.33 bits per heavy atom. The molecule has 0 aliphatic heterocycles. The van der Waals surface area contributed by atoms with Gasteiger partial charge >= 0.3 is 6.18 Å². The molecule has 0 spiro atoms. The van der Waals surface area contributed by atoms with E-state index in [2.05, 4.69) is 0 Å². The van der Waals surface area contributed by atoms with Gasteiger partial charge in [0.05, 0.1) is 11.7 Å². The van der Waals surface area contributed by atoms with Gasteiger partial charge in [0.25, 0.3) is 0 Å². The van der Waals surface area contributed by atoms with E-state index in [1.54, 1.807) is 6.92 Å². The van der Waals surface area contributed by atoms with Crippen molar-refractivity contribution in [3.05, 3.63) is 35.1 Å². The first-order chi connectivity index (χ1) is 6.84. The van der Waals surface area contributed by atoms with Crippen LogP contribution in [0.5, 0.6) is 0 Å². The molecule has 0 aromatic heterocycles. The van der Waals surface area contributed by atoms with Crippen molar-refractivity contribution in [2.75, 3.05) is 0 Å². The first-order valence-electron chi connectivity index (χ1n) is 4.40. The third-order valence-corrected chi connectivity index (χ3v) is 2.02. The van der Waals surface area contributed by atoms with Crippen molar-refractivity contribution >= 4 is 0 Å². The van der Waals surface area contributed by atoms with Crippen molar-refractivity contribution in [2.24, 2.45) is 0 Å². The number of rotatable bonds is 2. The Morgan fingerprint density at radius 1 is 1.27 bits per heavy atom. The maximum atomic E-state index is 12.8. The number of alkyl halides is 3. The fourth-order valence-corrected chi connectivity index (χ4v) is 1.20. The number of hydrogen-bond acceptors (Lipinski definition) is 1. The lowest BCUT2D eigenvalue weighted by molar-refractivity contribution is -0.137. The van der Waals surface area contributed by atoms with E-state index in [0.717, 1.165) is 12.1 Å². The fraction of sp³-hybridized carbons (Fsp3) is 0.400. The van der Waals surface area contributed by atoms with Gasteiger partial charge in [-0.25, -0.2) is 4.39 Å². The van der Waals surface area contributed by atoms with Gasteiger partial charge in [-0.1, -0.05) is 6.92 Å². The van der Waals surface area contributed by atoms with Gasteiger partial charge in [0.2, 0.25) is 0 Å². The van der Waals surface area contributed by atoms with E-state index in [1.165, 1.54) is 0 Å². The van der Waals surface area contributed by atoms with Crippen molar-refractivity contribution in [3.8, 4) is 0 Å². The second kappa shape index (κ2) is 4.18. The topological polar surface area (TPSA) is 20.2 Å². The summed E-state index contributed by atoms with van der Waals surface area (Å²) in [4.78, 5) is 0. The lowest BCUT2D eigenvalue weighted by Gasteiger charge is -2.12. The van der Waals surface area contributed by atoms with Gasteiger partial charge in [0, 0.05) is 0 Å². The number of aliphatic hydroxyl groups is 1. The Bertz CT molecular complexity index is 346. The average Bonchev–Trinajstić information content (AvgIpc) is 2.14. The molecule has 0 radical (unpaired) electrons. The highest BCUT2D eigenvalue weighted by molar-refractivity contribution is 5.28. The normalized spacial score (nSPS) is 14.0. The molecule has 0 heterocycles.